The molecule has 0 unspecified atom stereocenters. The zero-order valence-corrected chi connectivity index (χ0v) is 26.8. The maximum absolute atomic E-state index is 5.15. The van der Waals surface area contributed by atoms with Gasteiger partial charge in [0.05, 0.1) is 60.9 Å². The van der Waals surface area contributed by atoms with E-state index in [2.05, 4.69) is 192 Å². The second-order valence-electron chi connectivity index (χ2n) is 12.8. The summed E-state index contributed by atoms with van der Waals surface area (Å²) in [6, 6.07) is 57.9. The summed E-state index contributed by atoms with van der Waals surface area (Å²) in [5, 5.41) is 6.04. The second kappa shape index (κ2) is 10.3. The Balaban J connectivity index is 1.23. The van der Waals surface area contributed by atoms with E-state index in [-0.39, 0.29) is 0 Å². The van der Waals surface area contributed by atoms with Crippen molar-refractivity contribution in [3.8, 4) is 17.1 Å². The lowest BCUT2D eigenvalue weighted by Crippen LogP contribution is -2.00. The Labute approximate surface area is 285 Å². The van der Waals surface area contributed by atoms with E-state index in [1.807, 2.05) is 0 Å². The summed E-state index contributed by atoms with van der Waals surface area (Å²) >= 11 is 0. The monoisotopic (exact) mass is 643 g/mol. The molecule has 0 saturated heterocycles. The first kappa shape index (κ1) is 27.0. The lowest BCUT2D eigenvalue weighted by molar-refractivity contribution is 0.917. The van der Waals surface area contributed by atoms with E-state index >= 15 is 0 Å². The van der Waals surface area contributed by atoms with Gasteiger partial charge >= 0.3 is 0 Å². The molecule has 0 amide bonds. The van der Waals surface area contributed by atoms with Crippen LogP contribution in [0.15, 0.2) is 164 Å². The number of aromatic amines is 2. The molecule has 0 bridgehead atoms. The fourth-order valence-corrected chi connectivity index (χ4v) is 7.73. The van der Waals surface area contributed by atoms with Gasteiger partial charge in [-0.15, -0.1) is 0 Å². The Bertz CT molecular complexity index is 3160. The molecule has 0 aliphatic rings. The van der Waals surface area contributed by atoms with Gasteiger partial charge in [0.2, 0.25) is 5.78 Å². The quantitative estimate of drug-likeness (QED) is 0.198. The van der Waals surface area contributed by atoms with Gasteiger partial charge in [0.25, 0.3) is 0 Å². The first-order valence-electron chi connectivity index (χ1n) is 16.8. The van der Waals surface area contributed by atoms with Crippen LogP contribution in [0.1, 0.15) is 0 Å². The van der Waals surface area contributed by atoms with Gasteiger partial charge in [-0.1, -0.05) is 66.7 Å². The van der Waals surface area contributed by atoms with Gasteiger partial charge in [0, 0.05) is 22.1 Å². The molecular weight excluding hydrogens is 615 g/mol. The molecule has 0 fully saturated rings. The summed E-state index contributed by atoms with van der Waals surface area (Å²) < 4.78 is 9.11. The Kier molecular flexibility index (Phi) is 5.54. The molecule has 0 aliphatic carbocycles. The van der Waals surface area contributed by atoms with Gasteiger partial charge < -0.3 is 9.55 Å². The average molecular weight is 644 g/mol. The number of aromatic nitrogens is 7. The van der Waals surface area contributed by atoms with Crippen LogP contribution in [0.2, 0.25) is 0 Å². The van der Waals surface area contributed by atoms with Gasteiger partial charge in [0.15, 0.2) is 0 Å². The van der Waals surface area contributed by atoms with Crippen LogP contribution in [0.3, 0.4) is 0 Å². The normalized spacial score (nSPS) is 12.0. The molecule has 0 saturated carbocycles. The number of fused-ring (bicyclic) bond motifs is 10. The van der Waals surface area contributed by atoms with Gasteiger partial charge in [-0.3, -0.25) is 18.7 Å². The fourth-order valence-electron chi connectivity index (χ4n) is 7.73. The predicted molar refractivity (Wildman–Crippen MR) is 205 cm³/mol. The number of hydrogen-bond acceptors (Lipinski definition) is 1. The number of nitrogens with one attached hydrogen (secondary N) is 2. The maximum Gasteiger partial charge on any atom is 0.220 e. The van der Waals surface area contributed by atoms with E-state index in [9.17, 15) is 0 Å². The Morgan fingerprint density at radius 3 is 1.80 bits per heavy atom. The highest BCUT2D eigenvalue weighted by Crippen LogP contribution is 2.37. The molecule has 50 heavy (non-hydrogen) atoms. The van der Waals surface area contributed by atoms with Crippen molar-refractivity contribution in [2.24, 2.45) is 0 Å². The molecule has 7 heteroatoms. The number of nitrogens with zero attached hydrogens (tertiary/aromatic N) is 5. The summed E-state index contributed by atoms with van der Waals surface area (Å²) in [4.78, 5) is 8.79. The summed E-state index contributed by atoms with van der Waals surface area (Å²) in [6.45, 7) is 0. The molecule has 4 aromatic heterocycles. The molecule has 7 nitrogen and oxygen atoms in total. The number of para-hydroxylation sites is 9. The Hall–Kier alpha value is -6.99. The lowest BCUT2D eigenvalue weighted by atomic mass is 10.1. The number of hydrogen-bond donors (Lipinski definition) is 2. The van der Waals surface area contributed by atoms with E-state index in [4.69, 9.17) is 4.98 Å². The lowest BCUT2D eigenvalue weighted by Gasteiger charge is -2.10. The van der Waals surface area contributed by atoms with E-state index in [0.29, 0.717) is 0 Å². The van der Waals surface area contributed by atoms with Crippen molar-refractivity contribution in [3.63, 3.8) is 0 Å². The van der Waals surface area contributed by atoms with Crippen molar-refractivity contribution < 1.29 is 0 Å². The molecule has 11 rings (SSSR count). The molecule has 0 aliphatic heterocycles. The zero-order valence-electron chi connectivity index (χ0n) is 26.8. The Morgan fingerprint density at radius 1 is 0.400 bits per heavy atom. The van der Waals surface area contributed by atoms with Crippen LogP contribution in [-0.4, -0.2) is 33.3 Å². The van der Waals surface area contributed by atoms with Crippen molar-refractivity contribution in [2.75, 3.05) is 0 Å². The summed E-state index contributed by atoms with van der Waals surface area (Å²) in [5.41, 5.74) is 14.0. The van der Waals surface area contributed by atoms with Crippen LogP contribution in [0.5, 0.6) is 0 Å². The van der Waals surface area contributed by atoms with Crippen LogP contribution in [0.25, 0.3) is 88.8 Å². The van der Waals surface area contributed by atoms with E-state index in [1.54, 1.807) is 0 Å². The molecule has 0 spiro atoms. The Morgan fingerprint density at radius 2 is 1.00 bits per heavy atom. The average Bonchev–Trinajstić information content (AvgIpc) is 3.77. The minimum absolute atomic E-state index is 0.899. The van der Waals surface area contributed by atoms with E-state index in [0.717, 1.165) is 88.8 Å². The summed E-state index contributed by atoms with van der Waals surface area (Å²) in [7, 11) is 0. The number of benzene rings is 7. The van der Waals surface area contributed by atoms with Gasteiger partial charge in [0.1, 0.15) is 0 Å². The smallest absolute Gasteiger partial charge is 0.220 e. The molecule has 236 valence electrons. The van der Waals surface area contributed by atoms with Gasteiger partial charge in [-0.25, -0.2) is 4.98 Å². The van der Waals surface area contributed by atoms with Crippen LogP contribution >= 0.6 is 0 Å². The molecule has 0 atom stereocenters. The molecule has 2 N–H and O–H groups in total. The minimum Gasteiger partial charge on any atom is -0.352 e. The molecule has 7 aromatic carbocycles. The van der Waals surface area contributed by atoms with Crippen molar-refractivity contribution >= 4 is 71.7 Å². The summed E-state index contributed by atoms with van der Waals surface area (Å²) in [6.07, 6.45) is 0. The predicted octanol–water partition coefficient (Wildman–Crippen LogP) is 10.4. The number of imidazole rings is 2. The fraction of sp³-hybridized carbons (Fsp3) is 0. The zero-order chi connectivity index (χ0) is 32.8. The summed E-state index contributed by atoms with van der Waals surface area (Å²) in [5.74, 6) is 0.899. The van der Waals surface area contributed by atoms with E-state index in [1.165, 1.54) is 0 Å². The van der Waals surface area contributed by atoms with Crippen LogP contribution in [-0.2, 0) is 0 Å². The third-order valence-corrected chi connectivity index (χ3v) is 9.94. The highest BCUT2D eigenvalue weighted by atomic mass is 15.3. The van der Waals surface area contributed by atoms with Crippen molar-refractivity contribution in [1.29, 1.82) is 0 Å². The van der Waals surface area contributed by atoms with Crippen LogP contribution in [0, 0.1) is 0 Å². The molecular formula is C43H29N7. The minimum atomic E-state index is 0.899. The number of H-pyrrole nitrogens is 2. The standard InChI is InChI=1S/C43H29N7/c1-2-12-28(13-3-1)47-37-24-22-29(48-41-20-10-11-21-42(41)49-39-18-8-6-16-35(39)45-43(48)49)26-31(37)32-27-30(23-25-38(32)47)50-40-19-9-7-17-36(40)44-33-14-4-5-15-34(33)46-50/h1-27,44,46H. The highest BCUT2D eigenvalue weighted by molar-refractivity contribution is 6.11. The topological polar surface area (TPSA) is 63.7 Å². The van der Waals surface area contributed by atoms with Crippen molar-refractivity contribution in [3.05, 3.63) is 164 Å². The van der Waals surface area contributed by atoms with Gasteiger partial charge in [-0.2, -0.15) is 0 Å². The van der Waals surface area contributed by atoms with Crippen molar-refractivity contribution in [1.82, 2.24) is 33.3 Å². The van der Waals surface area contributed by atoms with Crippen molar-refractivity contribution in [2.45, 2.75) is 0 Å². The maximum atomic E-state index is 5.15. The molecule has 4 heterocycles. The highest BCUT2D eigenvalue weighted by Gasteiger charge is 2.19. The second-order valence-corrected chi connectivity index (χ2v) is 12.8. The van der Waals surface area contributed by atoms with E-state index < -0.39 is 0 Å². The third-order valence-electron chi connectivity index (χ3n) is 9.94. The third kappa shape index (κ3) is 3.82. The van der Waals surface area contributed by atoms with Crippen LogP contribution < -0.4 is 0 Å². The molecule has 11 aromatic rings. The van der Waals surface area contributed by atoms with Gasteiger partial charge in [-0.05, 0) is 97.1 Å². The first-order chi connectivity index (χ1) is 24.8. The SMILES string of the molecule is c1ccc(-n2c3ccc(-n4[nH]c5ccccc5[nH]c5ccccc54)cc3c3cc(-n4c5ccccc5n5c6ccccc6nc45)ccc32)cc1. The largest absolute Gasteiger partial charge is 0.352 e. The molecule has 0 radical (unpaired) electrons. The first-order valence-corrected chi connectivity index (χ1v) is 16.8. The van der Waals surface area contributed by atoms with Crippen LogP contribution in [0.4, 0.5) is 0 Å². The number of rotatable bonds is 3.